The minimum atomic E-state index is -0.247. The van der Waals surface area contributed by atoms with Crippen LogP contribution in [0.15, 0.2) is 30.6 Å². The van der Waals surface area contributed by atoms with Crippen molar-refractivity contribution < 1.29 is 9.53 Å². The van der Waals surface area contributed by atoms with Gasteiger partial charge in [0.25, 0.3) is 0 Å². The predicted octanol–water partition coefficient (Wildman–Crippen LogP) is 1.85. The van der Waals surface area contributed by atoms with Crippen molar-refractivity contribution in [2.24, 2.45) is 5.92 Å². The number of rotatable bonds is 8. The van der Waals surface area contributed by atoms with Gasteiger partial charge in [-0.25, -0.2) is 9.48 Å². The highest BCUT2D eigenvalue weighted by Crippen LogP contribution is 2.13. The molecule has 0 spiro atoms. The first-order valence-electron chi connectivity index (χ1n) is 7.61. The first kappa shape index (κ1) is 16.9. The predicted molar refractivity (Wildman–Crippen MR) is 86.4 cm³/mol. The van der Waals surface area contributed by atoms with Gasteiger partial charge in [-0.3, -0.25) is 0 Å². The summed E-state index contributed by atoms with van der Waals surface area (Å²) in [5, 5.41) is 16.6. The van der Waals surface area contributed by atoms with E-state index in [2.05, 4.69) is 40.0 Å². The molecule has 2 rings (SSSR count). The lowest BCUT2D eigenvalue weighted by atomic mass is 10.2. The zero-order valence-corrected chi connectivity index (χ0v) is 13.4. The Balaban J connectivity index is 1.72. The van der Waals surface area contributed by atoms with Gasteiger partial charge in [-0.1, -0.05) is 19.9 Å². The summed E-state index contributed by atoms with van der Waals surface area (Å²) < 4.78 is 6.98. The smallest absolute Gasteiger partial charge is 0.319 e. The standard InChI is InChI=1S/C15H22N6O2/c1-12(2)10-23-8-4-7-16-15(22)18-13-5-3-6-14(9-13)21-11-17-19-20-21/h3,5-6,9,11-12H,4,7-8,10H2,1-2H3,(H2,16,18,22). The molecule has 1 aromatic heterocycles. The molecule has 0 aliphatic heterocycles. The monoisotopic (exact) mass is 318 g/mol. The quantitative estimate of drug-likeness (QED) is 0.724. The largest absolute Gasteiger partial charge is 0.381 e. The molecule has 0 atom stereocenters. The molecular weight excluding hydrogens is 296 g/mol. The Bertz CT molecular complexity index is 600. The Morgan fingerprint density at radius 3 is 3.00 bits per heavy atom. The van der Waals surface area contributed by atoms with Crippen LogP contribution >= 0.6 is 0 Å². The molecule has 8 heteroatoms. The van der Waals surface area contributed by atoms with Crippen molar-refractivity contribution in [3.05, 3.63) is 30.6 Å². The molecule has 1 aromatic carbocycles. The summed E-state index contributed by atoms with van der Waals surface area (Å²) in [6.45, 7) is 6.17. The Kier molecular flexibility index (Phi) is 6.49. The third-order valence-corrected chi connectivity index (χ3v) is 2.92. The molecule has 2 N–H and O–H groups in total. The lowest BCUT2D eigenvalue weighted by Crippen LogP contribution is -2.30. The van der Waals surface area contributed by atoms with Gasteiger partial charge in [0, 0.05) is 25.4 Å². The normalized spacial score (nSPS) is 10.7. The van der Waals surface area contributed by atoms with Crippen LogP contribution in [-0.4, -0.2) is 46.0 Å². The van der Waals surface area contributed by atoms with E-state index >= 15 is 0 Å². The maximum Gasteiger partial charge on any atom is 0.319 e. The number of hydrogen-bond acceptors (Lipinski definition) is 5. The van der Waals surface area contributed by atoms with Crippen molar-refractivity contribution in [2.75, 3.05) is 25.1 Å². The van der Waals surface area contributed by atoms with E-state index in [1.54, 1.807) is 12.1 Å². The fourth-order valence-electron chi connectivity index (χ4n) is 1.88. The summed E-state index contributed by atoms with van der Waals surface area (Å²) in [5.41, 5.74) is 1.45. The molecule has 0 unspecified atom stereocenters. The van der Waals surface area contributed by atoms with Gasteiger partial charge in [0.05, 0.1) is 5.69 Å². The average molecular weight is 318 g/mol. The van der Waals surface area contributed by atoms with E-state index in [-0.39, 0.29) is 6.03 Å². The molecule has 2 amide bonds. The van der Waals surface area contributed by atoms with Crippen molar-refractivity contribution in [1.82, 2.24) is 25.5 Å². The van der Waals surface area contributed by atoms with Gasteiger partial charge in [-0.2, -0.15) is 0 Å². The number of carbonyl (C=O) groups excluding carboxylic acids is 1. The number of anilines is 1. The number of amides is 2. The molecule has 124 valence electrons. The fourth-order valence-corrected chi connectivity index (χ4v) is 1.88. The summed E-state index contributed by atoms with van der Waals surface area (Å²) in [4.78, 5) is 11.8. The van der Waals surface area contributed by atoms with E-state index in [1.807, 2.05) is 12.1 Å². The third-order valence-electron chi connectivity index (χ3n) is 2.92. The van der Waals surface area contributed by atoms with Crippen molar-refractivity contribution in [3.63, 3.8) is 0 Å². The van der Waals surface area contributed by atoms with Crippen LogP contribution in [0.1, 0.15) is 20.3 Å². The number of nitrogens with one attached hydrogen (secondary N) is 2. The molecule has 0 radical (unpaired) electrons. The molecule has 0 saturated carbocycles. The molecule has 0 aliphatic rings. The zero-order valence-electron chi connectivity index (χ0n) is 13.4. The Labute approximate surface area is 135 Å². The number of tetrazole rings is 1. The zero-order chi connectivity index (χ0) is 16.5. The molecule has 0 fully saturated rings. The number of aromatic nitrogens is 4. The minimum Gasteiger partial charge on any atom is -0.381 e. The number of carbonyl (C=O) groups is 1. The Morgan fingerprint density at radius 1 is 1.39 bits per heavy atom. The van der Waals surface area contributed by atoms with Crippen molar-refractivity contribution in [2.45, 2.75) is 20.3 Å². The number of benzene rings is 1. The second kappa shape index (κ2) is 8.84. The summed E-state index contributed by atoms with van der Waals surface area (Å²) >= 11 is 0. The van der Waals surface area contributed by atoms with E-state index in [1.165, 1.54) is 11.0 Å². The first-order valence-corrected chi connectivity index (χ1v) is 7.61. The van der Waals surface area contributed by atoms with Gasteiger partial charge in [0.1, 0.15) is 6.33 Å². The molecule has 0 saturated heterocycles. The van der Waals surface area contributed by atoms with Crippen molar-refractivity contribution in [3.8, 4) is 5.69 Å². The molecule has 8 nitrogen and oxygen atoms in total. The number of hydrogen-bond donors (Lipinski definition) is 2. The molecule has 23 heavy (non-hydrogen) atoms. The van der Waals surface area contributed by atoms with Gasteiger partial charge in [-0.15, -0.1) is 5.10 Å². The molecule has 1 heterocycles. The van der Waals surface area contributed by atoms with Crippen LogP contribution in [0.3, 0.4) is 0 Å². The van der Waals surface area contributed by atoms with Gasteiger partial charge in [-0.05, 0) is 41.0 Å². The minimum absolute atomic E-state index is 0.247. The van der Waals surface area contributed by atoms with E-state index in [0.29, 0.717) is 24.8 Å². The van der Waals surface area contributed by atoms with Crippen LogP contribution in [0.2, 0.25) is 0 Å². The summed E-state index contributed by atoms with van der Waals surface area (Å²) in [5.74, 6) is 0.527. The second-order valence-electron chi connectivity index (χ2n) is 5.51. The summed E-state index contributed by atoms with van der Waals surface area (Å²) in [6, 6.07) is 7.03. The number of urea groups is 1. The second-order valence-corrected chi connectivity index (χ2v) is 5.51. The molecule has 0 aliphatic carbocycles. The van der Waals surface area contributed by atoms with Gasteiger partial charge in [0.2, 0.25) is 0 Å². The number of nitrogens with zero attached hydrogens (tertiary/aromatic N) is 4. The summed E-state index contributed by atoms with van der Waals surface area (Å²) in [7, 11) is 0. The van der Waals surface area contributed by atoms with Gasteiger partial charge >= 0.3 is 6.03 Å². The topological polar surface area (TPSA) is 94.0 Å². The Morgan fingerprint density at radius 2 is 2.26 bits per heavy atom. The van der Waals surface area contributed by atoms with E-state index in [0.717, 1.165) is 18.7 Å². The maximum absolute atomic E-state index is 11.8. The molecule has 0 bridgehead atoms. The van der Waals surface area contributed by atoms with Gasteiger partial charge in [0.15, 0.2) is 0 Å². The maximum atomic E-state index is 11.8. The fraction of sp³-hybridized carbons (Fsp3) is 0.467. The number of ether oxygens (including phenoxy) is 1. The van der Waals surface area contributed by atoms with Crippen molar-refractivity contribution >= 4 is 11.7 Å². The van der Waals surface area contributed by atoms with E-state index in [9.17, 15) is 4.79 Å². The highest BCUT2D eigenvalue weighted by Gasteiger charge is 2.04. The van der Waals surface area contributed by atoms with E-state index < -0.39 is 0 Å². The summed E-state index contributed by atoms with van der Waals surface area (Å²) in [6.07, 6.45) is 2.28. The highest BCUT2D eigenvalue weighted by molar-refractivity contribution is 5.89. The van der Waals surface area contributed by atoms with Crippen LogP contribution < -0.4 is 10.6 Å². The van der Waals surface area contributed by atoms with E-state index in [4.69, 9.17) is 4.74 Å². The third kappa shape index (κ3) is 6.03. The van der Waals surface area contributed by atoms with Crippen LogP contribution in [0, 0.1) is 5.92 Å². The average Bonchev–Trinajstić information content (AvgIpc) is 3.05. The lowest BCUT2D eigenvalue weighted by Gasteiger charge is -2.09. The van der Waals surface area contributed by atoms with Crippen LogP contribution in [0.25, 0.3) is 5.69 Å². The lowest BCUT2D eigenvalue weighted by molar-refractivity contribution is 0.108. The molecule has 2 aromatic rings. The van der Waals surface area contributed by atoms with Crippen LogP contribution in [0.4, 0.5) is 10.5 Å². The SMILES string of the molecule is CC(C)COCCCNC(=O)Nc1cccc(-n2cnnn2)c1. The first-order chi connectivity index (χ1) is 11.1. The van der Waals surface area contributed by atoms with Gasteiger partial charge < -0.3 is 15.4 Å². The highest BCUT2D eigenvalue weighted by atomic mass is 16.5. The Hall–Kier alpha value is -2.48. The van der Waals surface area contributed by atoms with Crippen molar-refractivity contribution in [1.29, 1.82) is 0 Å². The van der Waals surface area contributed by atoms with Crippen LogP contribution in [0.5, 0.6) is 0 Å². The molecular formula is C15H22N6O2. The van der Waals surface area contributed by atoms with Crippen LogP contribution in [-0.2, 0) is 4.74 Å².